The van der Waals surface area contributed by atoms with Crippen molar-refractivity contribution >= 4 is 18.0 Å². The van der Waals surface area contributed by atoms with Gasteiger partial charge in [0.25, 0.3) is 6.29 Å². The maximum atomic E-state index is 12.5. The fourth-order valence-electron chi connectivity index (χ4n) is 4.49. The van der Waals surface area contributed by atoms with E-state index in [0.29, 0.717) is 12.3 Å². The van der Waals surface area contributed by atoms with Crippen LogP contribution < -0.4 is 5.32 Å². The van der Waals surface area contributed by atoms with Crippen LogP contribution in [0.3, 0.4) is 0 Å². The summed E-state index contributed by atoms with van der Waals surface area (Å²) in [6, 6.07) is 0. The molecule has 2 aliphatic carbocycles. The molecule has 29 heavy (non-hydrogen) atoms. The Hall–Kier alpha value is -1.79. The maximum Gasteiger partial charge on any atom is 0.410 e. The molecule has 0 heterocycles. The summed E-state index contributed by atoms with van der Waals surface area (Å²) in [6.45, 7) is 4.37. The SMILES string of the molecule is CC(C)CCC(=O)OC(OC(=O)NCC1(CC(=O)O)CCCCC1)C1CCCC1. The highest BCUT2D eigenvalue weighted by Gasteiger charge is 2.36. The highest BCUT2D eigenvalue weighted by Crippen LogP contribution is 2.39. The van der Waals surface area contributed by atoms with Gasteiger partial charge in [-0.2, -0.15) is 0 Å². The largest absolute Gasteiger partial charge is 0.481 e. The Kier molecular flexibility index (Phi) is 9.24. The molecule has 1 atom stereocenters. The quantitative estimate of drug-likeness (QED) is 0.401. The molecular formula is C22H37NO6. The van der Waals surface area contributed by atoms with Gasteiger partial charge < -0.3 is 19.9 Å². The second kappa shape index (κ2) is 11.4. The first-order chi connectivity index (χ1) is 13.8. The van der Waals surface area contributed by atoms with Crippen LogP contribution in [-0.2, 0) is 19.1 Å². The number of ether oxygens (including phenoxy) is 2. The van der Waals surface area contributed by atoms with Gasteiger partial charge in [0.15, 0.2) is 0 Å². The number of esters is 1. The molecule has 0 aliphatic heterocycles. The lowest BCUT2D eigenvalue weighted by Gasteiger charge is -2.36. The predicted molar refractivity (Wildman–Crippen MR) is 108 cm³/mol. The first-order valence-corrected chi connectivity index (χ1v) is 11.2. The van der Waals surface area contributed by atoms with E-state index in [9.17, 15) is 19.5 Å². The Balaban J connectivity index is 1.90. The van der Waals surface area contributed by atoms with Gasteiger partial charge in [0.2, 0.25) is 0 Å². The van der Waals surface area contributed by atoms with Crippen molar-refractivity contribution in [1.29, 1.82) is 0 Å². The van der Waals surface area contributed by atoms with Crippen molar-refractivity contribution < 1.29 is 29.0 Å². The number of hydrogen-bond acceptors (Lipinski definition) is 5. The molecule has 2 rings (SSSR count). The number of carbonyl (C=O) groups is 3. The molecule has 7 nitrogen and oxygen atoms in total. The van der Waals surface area contributed by atoms with Crippen molar-refractivity contribution in [2.45, 2.75) is 97.2 Å². The molecule has 166 valence electrons. The van der Waals surface area contributed by atoms with Gasteiger partial charge in [-0.25, -0.2) is 4.79 Å². The molecule has 0 aromatic rings. The van der Waals surface area contributed by atoms with E-state index >= 15 is 0 Å². The summed E-state index contributed by atoms with van der Waals surface area (Å²) in [5, 5.41) is 12.0. The van der Waals surface area contributed by atoms with Crippen molar-refractivity contribution in [3.8, 4) is 0 Å². The Morgan fingerprint density at radius 3 is 2.28 bits per heavy atom. The van der Waals surface area contributed by atoms with E-state index < -0.39 is 23.8 Å². The fraction of sp³-hybridized carbons (Fsp3) is 0.864. The number of amides is 1. The molecule has 0 saturated heterocycles. The topological polar surface area (TPSA) is 102 Å². The van der Waals surface area contributed by atoms with Crippen LogP contribution in [-0.4, -0.2) is 36.0 Å². The van der Waals surface area contributed by atoms with Crippen LogP contribution in [0.4, 0.5) is 4.79 Å². The summed E-state index contributed by atoms with van der Waals surface area (Å²) >= 11 is 0. The molecular weight excluding hydrogens is 374 g/mol. The second-order valence-corrected chi connectivity index (χ2v) is 9.23. The van der Waals surface area contributed by atoms with Crippen LogP contribution >= 0.6 is 0 Å². The molecule has 0 aromatic carbocycles. The van der Waals surface area contributed by atoms with E-state index in [2.05, 4.69) is 5.32 Å². The minimum absolute atomic E-state index is 0.0337. The number of nitrogens with one attached hydrogen (secondary N) is 1. The first-order valence-electron chi connectivity index (χ1n) is 11.2. The summed E-state index contributed by atoms with van der Waals surface area (Å²) in [6.07, 6.45) is 8.05. The number of carbonyl (C=O) groups excluding carboxylic acids is 2. The zero-order valence-electron chi connectivity index (χ0n) is 17.9. The molecule has 0 radical (unpaired) electrons. The van der Waals surface area contributed by atoms with Crippen LogP contribution in [0.1, 0.15) is 90.9 Å². The number of carboxylic acid groups (broad SMARTS) is 1. The second-order valence-electron chi connectivity index (χ2n) is 9.23. The van der Waals surface area contributed by atoms with Crippen molar-refractivity contribution in [3.05, 3.63) is 0 Å². The number of aliphatic carboxylic acids is 1. The summed E-state index contributed by atoms with van der Waals surface area (Å²) in [5.74, 6) is -0.743. The predicted octanol–water partition coefficient (Wildman–Crippen LogP) is 4.63. The number of rotatable bonds is 10. The third-order valence-electron chi connectivity index (χ3n) is 6.23. The summed E-state index contributed by atoms with van der Waals surface area (Å²) < 4.78 is 11.0. The Bertz CT molecular complexity index is 550. The third kappa shape index (κ3) is 8.23. The minimum Gasteiger partial charge on any atom is -0.481 e. The molecule has 2 fully saturated rings. The number of hydrogen-bond donors (Lipinski definition) is 2. The highest BCUT2D eigenvalue weighted by atomic mass is 16.7. The fourth-order valence-corrected chi connectivity index (χ4v) is 4.49. The molecule has 0 bridgehead atoms. The smallest absolute Gasteiger partial charge is 0.410 e. The minimum atomic E-state index is -0.862. The monoisotopic (exact) mass is 411 g/mol. The Labute approximate surface area is 173 Å². The molecule has 0 spiro atoms. The van der Waals surface area contributed by atoms with Gasteiger partial charge in [-0.1, -0.05) is 46.0 Å². The van der Waals surface area contributed by atoms with E-state index in [0.717, 1.165) is 64.2 Å². The molecule has 7 heteroatoms. The van der Waals surface area contributed by atoms with Crippen LogP contribution in [0.2, 0.25) is 0 Å². The van der Waals surface area contributed by atoms with Crippen molar-refractivity contribution in [2.75, 3.05) is 6.54 Å². The zero-order valence-corrected chi connectivity index (χ0v) is 17.9. The van der Waals surface area contributed by atoms with E-state index in [1.54, 1.807) is 0 Å². The van der Waals surface area contributed by atoms with Crippen LogP contribution in [0, 0.1) is 17.3 Å². The molecule has 0 aromatic heterocycles. The Morgan fingerprint density at radius 1 is 1.03 bits per heavy atom. The van der Waals surface area contributed by atoms with Crippen LogP contribution in [0.15, 0.2) is 0 Å². The molecule has 1 amide bonds. The summed E-state index contributed by atoms with van der Waals surface area (Å²) in [4.78, 5) is 35.9. The van der Waals surface area contributed by atoms with Crippen molar-refractivity contribution in [2.24, 2.45) is 17.3 Å². The van der Waals surface area contributed by atoms with Crippen molar-refractivity contribution in [3.63, 3.8) is 0 Å². The third-order valence-corrected chi connectivity index (χ3v) is 6.23. The van der Waals surface area contributed by atoms with Crippen LogP contribution in [0.5, 0.6) is 0 Å². The lowest BCUT2D eigenvalue weighted by molar-refractivity contribution is -0.177. The molecule has 1 unspecified atom stereocenters. The lowest BCUT2D eigenvalue weighted by Crippen LogP contribution is -2.42. The lowest BCUT2D eigenvalue weighted by atomic mass is 9.72. The van der Waals surface area contributed by atoms with Crippen molar-refractivity contribution in [1.82, 2.24) is 5.32 Å². The Morgan fingerprint density at radius 2 is 1.69 bits per heavy atom. The number of alkyl carbamates (subject to hydrolysis) is 1. The molecule has 2 N–H and O–H groups in total. The van der Waals surface area contributed by atoms with Gasteiger partial charge in [-0.3, -0.25) is 9.59 Å². The van der Waals surface area contributed by atoms with Gasteiger partial charge in [-0.15, -0.1) is 0 Å². The highest BCUT2D eigenvalue weighted by molar-refractivity contribution is 5.71. The van der Waals surface area contributed by atoms with Gasteiger partial charge in [0, 0.05) is 18.9 Å². The molecule has 2 saturated carbocycles. The average molecular weight is 412 g/mol. The van der Waals surface area contributed by atoms with E-state index in [1.165, 1.54) is 0 Å². The van der Waals surface area contributed by atoms with Crippen LogP contribution in [0.25, 0.3) is 0 Å². The van der Waals surface area contributed by atoms with Gasteiger partial charge in [0.1, 0.15) is 0 Å². The average Bonchev–Trinajstić information content (AvgIpc) is 3.19. The normalized spacial score (nSPS) is 20.2. The number of carboxylic acids is 1. The molecule has 2 aliphatic rings. The maximum absolute atomic E-state index is 12.5. The van der Waals surface area contributed by atoms with E-state index in [1.807, 2.05) is 13.8 Å². The van der Waals surface area contributed by atoms with Gasteiger partial charge in [-0.05, 0) is 43.4 Å². The standard InChI is InChI=1S/C22H37NO6/c1-16(2)10-11-19(26)28-20(17-8-4-5-9-17)29-21(27)23-15-22(14-18(24)25)12-6-3-7-13-22/h16-17,20H,3-15H2,1-2H3,(H,23,27)(H,24,25). The van der Waals surface area contributed by atoms with Gasteiger partial charge >= 0.3 is 18.0 Å². The summed E-state index contributed by atoms with van der Waals surface area (Å²) in [7, 11) is 0. The van der Waals surface area contributed by atoms with E-state index in [4.69, 9.17) is 9.47 Å². The zero-order chi connectivity index (χ0) is 21.3. The van der Waals surface area contributed by atoms with Gasteiger partial charge in [0.05, 0.1) is 6.42 Å². The first kappa shape index (κ1) is 23.5. The summed E-state index contributed by atoms with van der Waals surface area (Å²) in [5.41, 5.74) is -0.417. The van der Waals surface area contributed by atoms with E-state index in [-0.39, 0.29) is 24.9 Å².